The van der Waals surface area contributed by atoms with E-state index in [1.807, 2.05) is 6.20 Å². The van der Waals surface area contributed by atoms with Gasteiger partial charge in [0, 0.05) is 12.7 Å². The minimum Gasteiger partial charge on any atom is -0.396 e. The zero-order chi connectivity index (χ0) is 9.54. The molecule has 3 aliphatic heterocycles. The highest BCUT2D eigenvalue weighted by atomic mass is 15.3. The normalized spacial score (nSPS) is 36.1. The average Bonchev–Trinajstić information content (AvgIpc) is 2.66. The van der Waals surface area contributed by atoms with Gasteiger partial charge in [-0.2, -0.15) is 5.10 Å². The van der Waals surface area contributed by atoms with E-state index in [-0.39, 0.29) is 0 Å². The Morgan fingerprint density at radius 2 is 2.14 bits per heavy atom. The molecule has 0 aliphatic carbocycles. The zero-order valence-electron chi connectivity index (χ0n) is 8.26. The fourth-order valence-electron chi connectivity index (χ4n) is 2.77. The highest BCUT2D eigenvalue weighted by molar-refractivity contribution is 5.30. The molecule has 0 aromatic carbocycles. The summed E-state index contributed by atoms with van der Waals surface area (Å²) in [4.78, 5) is 2.53. The zero-order valence-corrected chi connectivity index (χ0v) is 8.26. The Kier molecular flexibility index (Phi) is 1.77. The van der Waals surface area contributed by atoms with Crippen LogP contribution in [0.3, 0.4) is 0 Å². The Bertz CT molecular complexity index is 325. The maximum absolute atomic E-state index is 5.69. The van der Waals surface area contributed by atoms with Crippen molar-refractivity contribution in [3.63, 3.8) is 0 Å². The lowest BCUT2D eigenvalue weighted by Gasteiger charge is -2.44. The molecule has 76 valence electrons. The van der Waals surface area contributed by atoms with Crippen molar-refractivity contribution in [2.24, 2.45) is 5.92 Å². The fourth-order valence-corrected chi connectivity index (χ4v) is 2.77. The van der Waals surface area contributed by atoms with Gasteiger partial charge < -0.3 is 10.6 Å². The van der Waals surface area contributed by atoms with Crippen LogP contribution in [-0.4, -0.2) is 34.3 Å². The summed E-state index contributed by atoms with van der Waals surface area (Å²) < 4.78 is 2.06. The predicted octanol–water partition coefficient (Wildman–Crippen LogP) is 0.732. The van der Waals surface area contributed by atoms with Crippen LogP contribution in [0, 0.1) is 5.92 Å². The predicted molar refractivity (Wildman–Crippen MR) is 54.8 cm³/mol. The molecule has 1 atom stereocenters. The van der Waals surface area contributed by atoms with Crippen molar-refractivity contribution in [3.05, 3.63) is 12.4 Å². The summed E-state index contributed by atoms with van der Waals surface area (Å²) in [5, 5.41) is 4.32. The SMILES string of the molecule is Nc1cnn(C2CN3CCC2CC3)c1. The first-order valence-corrected chi connectivity index (χ1v) is 5.35. The smallest absolute Gasteiger partial charge is 0.0719 e. The maximum Gasteiger partial charge on any atom is 0.0719 e. The lowest BCUT2D eigenvalue weighted by atomic mass is 9.84. The van der Waals surface area contributed by atoms with Gasteiger partial charge in [-0.25, -0.2) is 0 Å². The van der Waals surface area contributed by atoms with Gasteiger partial charge in [-0.1, -0.05) is 0 Å². The molecule has 4 heterocycles. The molecule has 2 N–H and O–H groups in total. The largest absolute Gasteiger partial charge is 0.396 e. The Labute approximate surface area is 83.7 Å². The van der Waals surface area contributed by atoms with Gasteiger partial charge in [0.25, 0.3) is 0 Å². The van der Waals surface area contributed by atoms with E-state index in [4.69, 9.17) is 5.73 Å². The first kappa shape index (κ1) is 8.29. The molecule has 1 aromatic heterocycles. The number of nitrogens with zero attached hydrogens (tertiary/aromatic N) is 3. The lowest BCUT2D eigenvalue weighted by Crippen LogP contribution is -2.48. The standard InChI is InChI=1S/C10H16N4/c11-9-5-12-14(6-9)10-7-13-3-1-8(10)2-4-13/h5-6,8,10H,1-4,7,11H2. The summed E-state index contributed by atoms with van der Waals surface area (Å²) in [6.07, 6.45) is 6.36. The lowest BCUT2D eigenvalue weighted by molar-refractivity contribution is 0.0513. The molecule has 0 saturated carbocycles. The third kappa shape index (κ3) is 1.21. The van der Waals surface area contributed by atoms with Crippen molar-refractivity contribution in [2.45, 2.75) is 18.9 Å². The number of nitrogen functional groups attached to an aromatic ring is 1. The van der Waals surface area contributed by atoms with E-state index < -0.39 is 0 Å². The Morgan fingerprint density at radius 1 is 1.36 bits per heavy atom. The molecule has 0 radical (unpaired) electrons. The number of nitrogens with two attached hydrogens (primary N) is 1. The minimum atomic E-state index is 0.565. The van der Waals surface area contributed by atoms with Crippen LogP contribution in [0.5, 0.6) is 0 Å². The molecule has 4 heteroatoms. The van der Waals surface area contributed by atoms with Gasteiger partial charge in [0.2, 0.25) is 0 Å². The summed E-state index contributed by atoms with van der Waals surface area (Å²) in [7, 11) is 0. The molecule has 3 saturated heterocycles. The molecule has 1 aromatic rings. The number of piperidine rings is 3. The van der Waals surface area contributed by atoms with Crippen molar-refractivity contribution in [3.8, 4) is 0 Å². The molecule has 3 aliphatic rings. The van der Waals surface area contributed by atoms with Gasteiger partial charge in [0.15, 0.2) is 0 Å². The second-order valence-electron chi connectivity index (χ2n) is 4.46. The third-order valence-electron chi connectivity index (χ3n) is 3.58. The first-order chi connectivity index (χ1) is 6.83. The molecule has 2 bridgehead atoms. The summed E-state index contributed by atoms with van der Waals surface area (Å²) in [6, 6.07) is 0.565. The van der Waals surface area contributed by atoms with Crippen LogP contribution in [0.2, 0.25) is 0 Å². The molecule has 14 heavy (non-hydrogen) atoms. The Morgan fingerprint density at radius 3 is 2.64 bits per heavy atom. The molecule has 0 spiro atoms. The Hall–Kier alpha value is -1.03. The van der Waals surface area contributed by atoms with Crippen LogP contribution in [0.25, 0.3) is 0 Å². The van der Waals surface area contributed by atoms with Gasteiger partial charge >= 0.3 is 0 Å². The van der Waals surface area contributed by atoms with E-state index in [1.165, 1.54) is 25.9 Å². The monoisotopic (exact) mass is 192 g/mol. The number of hydrogen-bond acceptors (Lipinski definition) is 3. The van der Waals surface area contributed by atoms with Crippen molar-refractivity contribution < 1.29 is 0 Å². The number of rotatable bonds is 1. The first-order valence-electron chi connectivity index (χ1n) is 5.35. The second kappa shape index (κ2) is 2.98. The number of fused-ring (bicyclic) bond motifs is 3. The summed E-state index contributed by atoms with van der Waals surface area (Å²) >= 11 is 0. The van der Waals surface area contributed by atoms with Crippen LogP contribution in [0.1, 0.15) is 18.9 Å². The Balaban J connectivity index is 1.85. The number of anilines is 1. The number of aromatic nitrogens is 2. The van der Waals surface area contributed by atoms with E-state index >= 15 is 0 Å². The summed E-state index contributed by atoms with van der Waals surface area (Å²) in [6.45, 7) is 3.71. The van der Waals surface area contributed by atoms with Gasteiger partial charge in [0.1, 0.15) is 0 Å². The average molecular weight is 192 g/mol. The topological polar surface area (TPSA) is 47.1 Å². The second-order valence-corrected chi connectivity index (χ2v) is 4.46. The summed E-state index contributed by atoms with van der Waals surface area (Å²) in [5.41, 5.74) is 6.47. The fraction of sp³-hybridized carbons (Fsp3) is 0.700. The van der Waals surface area contributed by atoms with E-state index in [2.05, 4.69) is 14.7 Å². The van der Waals surface area contributed by atoms with Crippen LogP contribution in [0.15, 0.2) is 12.4 Å². The third-order valence-corrected chi connectivity index (χ3v) is 3.58. The molecule has 0 amide bonds. The van der Waals surface area contributed by atoms with Gasteiger partial charge in [-0.05, 0) is 31.8 Å². The molecule has 1 unspecified atom stereocenters. The van der Waals surface area contributed by atoms with E-state index in [0.29, 0.717) is 6.04 Å². The quantitative estimate of drug-likeness (QED) is 0.713. The molecular formula is C10H16N4. The van der Waals surface area contributed by atoms with Gasteiger partial charge in [-0.15, -0.1) is 0 Å². The number of hydrogen-bond donors (Lipinski definition) is 1. The van der Waals surface area contributed by atoms with Crippen molar-refractivity contribution in [1.82, 2.24) is 14.7 Å². The molecule has 4 nitrogen and oxygen atoms in total. The van der Waals surface area contributed by atoms with Crippen LogP contribution < -0.4 is 5.73 Å². The highest BCUT2D eigenvalue weighted by Crippen LogP contribution is 2.35. The van der Waals surface area contributed by atoms with Crippen molar-refractivity contribution in [1.29, 1.82) is 0 Å². The van der Waals surface area contributed by atoms with Crippen molar-refractivity contribution >= 4 is 5.69 Å². The van der Waals surface area contributed by atoms with Crippen molar-refractivity contribution in [2.75, 3.05) is 25.4 Å². The van der Waals surface area contributed by atoms with Gasteiger partial charge in [-0.3, -0.25) is 4.68 Å². The van der Waals surface area contributed by atoms with E-state index in [0.717, 1.165) is 18.2 Å². The summed E-state index contributed by atoms with van der Waals surface area (Å²) in [5.74, 6) is 0.819. The van der Waals surface area contributed by atoms with E-state index in [9.17, 15) is 0 Å². The van der Waals surface area contributed by atoms with E-state index in [1.54, 1.807) is 6.20 Å². The molecule has 3 fully saturated rings. The van der Waals surface area contributed by atoms with Crippen LogP contribution in [0.4, 0.5) is 5.69 Å². The molecule has 4 rings (SSSR count). The minimum absolute atomic E-state index is 0.565. The molecular weight excluding hydrogens is 176 g/mol. The van der Waals surface area contributed by atoms with Crippen LogP contribution >= 0.6 is 0 Å². The highest BCUT2D eigenvalue weighted by Gasteiger charge is 2.35. The van der Waals surface area contributed by atoms with Gasteiger partial charge in [0.05, 0.1) is 17.9 Å². The maximum atomic E-state index is 5.69. The van der Waals surface area contributed by atoms with Crippen LogP contribution in [-0.2, 0) is 0 Å².